The summed E-state index contributed by atoms with van der Waals surface area (Å²) in [5, 5.41) is 0. The number of carbonyl (C=O) groups is 2. The second-order valence-electron chi connectivity index (χ2n) is 6.52. The second kappa shape index (κ2) is 7.20. The number of amides is 2. The summed E-state index contributed by atoms with van der Waals surface area (Å²) in [6.07, 6.45) is 6.76. The van der Waals surface area contributed by atoms with Gasteiger partial charge in [0.1, 0.15) is 12.2 Å². The lowest BCUT2D eigenvalue weighted by atomic mass is 9.94. The minimum Gasteiger partial charge on any atom is -0.442 e. The third-order valence-electron chi connectivity index (χ3n) is 4.87. The van der Waals surface area contributed by atoms with Gasteiger partial charge in [0.2, 0.25) is 0 Å². The fourth-order valence-corrected chi connectivity index (χ4v) is 3.54. The molecule has 6 heteroatoms. The molecule has 6 nitrogen and oxygen atoms in total. The zero-order valence-electron chi connectivity index (χ0n) is 13.2. The van der Waals surface area contributed by atoms with E-state index in [1.807, 2.05) is 0 Å². The number of hydrogen-bond acceptors (Lipinski definition) is 4. The second-order valence-corrected chi connectivity index (χ2v) is 6.52. The van der Waals surface area contributed by atoms with Gasteiger partial charge in [-0.2, -0.15) is 0 Å². The molecule has 2 unspecified atom stereocenters. The fraction of sp³-hybridized carbons (Fsp3) is 0.875. The van der Waals surface area contributed by atoms with E-state index in [0.717, 1.165) is 77.5 Å². The molecule has 0 aromatic heterocycles. The number of likely N-dealkylation sites (tertiary alicyclic amines) is 2. The summed E-state index contributed by atoms with van der Waals surface area (Å²) >= 11 is 0. The number of hydrogen-bond donors (Lipinski definition) is 0. The van der Waals surface area contributed by atoms with Crippen LogP contribution in [0.3, 0.4) is 0 Å². The molecule has 2 saturated heterocycles. The van der Waals surface area contributed by atoms with Crippen LogP contribution in [-0.2, 0) is 9.47 Å². The molecule has 0 aromatic rings. The first-order valence-electron chi connectivity index (χ1n) is 8.65. The van der Waals surface area contributed by atoms with Crippen LogP contribution in [0.25, 0.3) is 0 Å². The van der Waals surface area contributed by atoms with Gasteiger partial charge < -0.3 is 19.3 Å². The van der Waals surface area contributed by atoms with Gasteiger partial charge in [-0.15, -0.1) is 0 Å². The molecular weight excluding hydrogens is 284 g/mol. The molecular formula is C16H26N2O4. The number of nitrogens with zero attached hydrogens (tertiary/aromatic N) is 2. The molecule has 1 saturated carbocycles. The van der Waals surface area contributed by atoms with E-state index in [9.17, 15) is 9.59 Å². The summed E-state index contributed by atoms with van der Waals surface area (Å²) in [5.74, 6) is 0. The van der Waals surface area contributed by atoms with Gasteiger partial charge in [-0.05, 0) is 51.4 Å². The van der Waals surface area contributed by atoms with Crippen LogP contribution in [0.2, 0.25) is 0 Å². The summed E-state index contributed by atoms with van der Waals surface area (Å²) in [5.41, 5.74) is 0. The van der Waals surface area contributed by atoms with Crippen molar-refractivity contribution >= 4 is 12.2 Å². The quantitative estimate of drug-likeness (QED) is 0.787. The Morgan fingerprint density at radius 2 is 1.00 bits per heavy atom. The lowest BCUT2D eigenvalue weighted by Gasteiger charge is -2.32. The van der Waals surface area contributed by atoms with E-state index < -0.39 is 0 Å². The molecule has 0 spiro atoms. The maximum Gasteiger partial charge on any atom is 0.410 e. The largest absolute Gasteiger partial charge is 0.442 e. The van der Waals surface area contributed by atoms with Crippen molar-refractivity contribution in [3.8, 4) is 0 Å². The third kappa shape index (κ3) is 3.65. The monoisotopic (exact) mass is 310 g/mol. The average molecular weight is 310 g/mol. The van der Waals surface area contributed by atoms with Crippen molar-refractivity contribution in [3.05, 3.63) is 0 Å². The average Bonchev–Trinajstić information content (AvgIpc) is 3.23. The van der Waals surface area contributed by atoms with Gasteiger partial charge in [0.25, 0.3) is 0 Å². The Bertz CT molecular complexity index is 365. The molecule has 0 N–H and O–H groups in total. The summed E-state index contributed by atoms with van der Waals surface area (Å²) in [6.45, 7) is 3.13. The lowest BCUT2D eigenvalue weighted by Crippen LogP contribution is -2.43. The summed E-state index contributed by atoms with van der Waals surface area (Å²) in [6, 6.07) is 0. The zero-order chi connectivity index (χ0) is 15.4. The van der Waals surface area contributed by atoms with Crippen LogP contribution in [0.15, 0.2) is 0 Å². The van der Waals surface area contributed by atoms with Crippen LogP contribution >= 0.6 is 0 Å². The van der Waals surface area contributed by atoms with Gasteiger partial charge in [0, 0.05) is 26.2 Å². The smallest absolute Gasteiger partial charge is 0.410 e. The van der Waals surface area contributed by atoms with Crippen molar-refractivity contribution in [2.45, 2.75) is 63.6 Å². The highest BCUT2D eigenvalue weighted by Crippen LogP contribution is 2.26. The predicted octanol–water partition coefficient (Wildman–Crippen LogP) is 2.76. The SMILES string of the molecule is O=C(OC1CCCCC1OC(=O)N1CCCC1)N1CCCC1. The molecule has 3 rings (SSSR count). The van der Waals surface area contributed by atoms with Gasteiger partial charge >= 0.3 is 12.2 Å². The molecule has 3 aliphatic rings. The van der Waals surface area contributed by atoms with E-state index >= 15 is 0 Å². The first-order chi connectivity index (χ1) is 10.7. The van der Waals surface area contributed by atoms with Crippen LogP contribution in [0.1, 0.15) is 51.4 Å². The molecule has 0 radical (unpaired) electrons. The predicted molar refractivity (Wildman–Crippen MR) is 80.6 cm³/mol. The Balaban J connectivity index is 1.53. The molecule has 2 atom stereocenters. The first kappa shape index (κ1) is 15.4. The van der Waals surface area contributed by atoms with Crippen molar-refractivity contribution in [2.75, 3.05) is 26.2 Å². The fourth-order valence-electron chi connectivity index (χ4n) is 3.54. The Morgan fingerprint density at radius 3 is 1.36 bits per heavy atom. The van der Waals surface area contributed by atoms with Gasteiger partial charge in [0.05, 0.1) is 0 Å². The summed E-state index contributed by atoms with van der Waals surface area (Å²) < 4.78 is 11.3. The molecule has 22 heavy (non-hydrogen) atoms. The highest BCUT2D eigenvalue weighted by molar-refractivity contribution is 5.69. The van der Waals surface area contributed by atoms with Crippen LogP contribution in [0, 0.1) is 0 Å². The highest BCUT2D eigenvalue weighted by Gasteiger charge is 2.34. The molecule has 124 valence electrons. The highest BCUT2D eigenvalue weighted by atomic mass is 16.6. The molecule has 3 fully saturated rings. The van der Waals surface area contributed by atoms with E-state index in [4.69, 9.17) is 9.47 Å². The van der Waals surface area contributed by atoms with E-state index in [0.29, 0.717) is 0 Å². The molecule has 2 aliphatic heterocycles. The molecule has 1 aliphatic carbocycles. The number of ether oxygens (including phenoxy) is 2. The van der Waals surface area contributed by atoms with Crippen molar-refractivity contribution in [1.29, 1.82) is 0 Å². The van der Waals surface area contributed by atoms with Crippen molar-refractivity contribution in [2.24, 2.45) is 0 Å². The van der Waals surface area contributed by atoms with E-state index in [1.54, 1.807) is 9.80 Å². The van der Waals surface area contributed by atoms with Gasteiger partial charge in [-0.25, -0.2) is 9.59 Å². The minimum atomic E-state index is -0.284. The summed E-state index contributed by atoms with van der Waals surface area (Å²) in [4.78, 5) is 27.8. The van der Waals surface area contributed by atoms with Gasteiger partial charge in [-0.3, -0.25) is 0 Å². The third-order valence-corrected chi connectivity index (χ3v) is 4.87. The Kier molecular flexibility index (Phi) is 5.05. The Hall–Kier alpha value is -1.46. The van der Waals surface area contributed by atoms with Crippen LogP contribution in [-0.4, -0.2) is 60.4 Å². The Labute approximate surface area is 131 Å². The van der Waals surface area contributed by atoms with Crippen molar-refractivity contribution in [1.82, 2.24) is 9.80 Å². The maximum atomic E-state index is 12.2. The minimum absolute atomic E-state index is 0.244. The van der Waals surface area contributed by atoms with Crippen LogP contribution < -0.4 is 0 Å². The normalized spacial score (nSPS) is 28.7. The van der Waals surface area contributed by atoms with Crippen molar-refractivity contribution in [3.63, 3.8) is 0 Å². The van der Waals surface area contributed by atoms with E-state index in [2.05, 4.69) is 0 Å². The standard InChI is InChI=1S/C16H26N2O4/c19-15(17-9-3-4-10-17)21-13-7-1-2-8-14(13)22-16(20)18-11-5-6-12-18/h13-14H,1-12H2. The molecule has 2 amide bonds. The Morgan fingerprint density at radius 1 is 0.636 bits per heavy atom. The van der Waals surface area contributed by atoms with Crippen LogP contribution in [0.5, 0.6) is 0 Å². The number of carbonyl (C=O) groups excluding carboxylic acids is 2. The zero-order valence-corrected chi connectivity index (χ0v) is 13.2. The maximum absolute atomic E-state index is 12.2. The van der Waals surface area contributed by atoms with Gasteiger partial charge in [-0.1, -0.05) is 0 Å². The first-order valence-corrected chi connectivity index (χ1v) is 8.65. The van der Waals surface area contributed by atoms with Crippen molar-refractivity contribution < 1.29 is 19.1 Å². The van der Waals surface area contributed by atoms with E-state index in [1.165, 1.54) is 0 Å². The topological polar surface area (TPSA) is 59.1 Å². The lowest BCUT2D eigenvalue weighted by molar-refractivity contribution is -0.0463. The summed E-state index contributed by atoms with van der Waals surface area (Å²) in [7, 11) is 0. The van der Waals surface area contributed by atoms with Crippen LogP contribution in [0.4, 0.5) is 9.59 Å². The van der Waals surface area contributed by atoms with E-state index in [-0.39, 0.29) is 24.4 Å². The molecule has 0 aromatic carbocycles. The molecule has 0 bridgehead atoms. The number of rotatable bonds is 2. The molecule has 2 heterocycles. The van der Waals surface area contributed by atoms with Gasteiger partial charge in [0.15, 0.2) is 0 Å².